The van der Waals surface area contributed by atoms with Crippen LogP contribution >= 0.6 is 22.9 Å². The molecule has 0 aliphatic heterocycles. The zero-order valence-electron chi connectivity index (χ0n) is 10.5. The molecule has 0 saturated carbocycles. The van der Waals surface area contributed by atoms with Crippen LogP contribution in [0.3, 0.4) is 0 Å². The Morgan fingerprint density at radius 1 is 1.45 bits per heavy atom. The maximum atomic E-state index is 13.2. The standard InChI is InChI=1S/C12H12ClFN2O2S2/c1-7-2-3-19-11(7)6-16-20(17,18)12-5-10(15)9(14)4-8(12)13/h2-5,16H,6,15H2,1H3. The number of rotatable bonds is 4. The van der Waals surface area contributed by atoms with Gasteiger partial charge in [-0.1, -0.05) is 11.6 Å². The second kappa shape index (κ2) is 5.69. The van der Waals surface area contributed by atoms with Gasteiger partial charge in [0.2, 0.25) is 10.0 Å². The molecule has 0 unspecified atom stereocenters. The molecule has 1 aromatic carbocycles. The predicted octanol–water partition coefficient (Wildman–Crippen LogP) is 2.91. The number of hydrogen-bond acceptors (Lipinski definition) is 4. The first-order chi connectivity index (χ1) is 9.31. The molecule has 3 N–H and O–H groups in total. The molecule has 0 fully saturated rings. The summed E-state index contributed by atoms with van der Waals surface area (Å²) in [5, 5.41) is 1.68. The second-order valence-corrected chi connectivity index (χ2v) is 7.30. The van der Waals surface area contributed by atoms with Crippen molar-refractivity contribution in [2.45, 2.75) is 18.4 Å². The van der Waals surface area contributed by atoms with E-state index < -0.39 is 15.8 Å². The first kappa shape index (κ1) is 15.2. The van der Waals surface area contributed by atoms with Gasteiger partial charge in [0.05, 0.1) is 10.7 Å². The van der Waals surface area contributed by atoms with E-state index in [1.807, 2.05) is 18.4 Å². The Labute approximate surface area is 125 Å². The monoisotopic (exact) mass is 334 g/mol. The van der Waals surface area contributed by atoms with E-state index in [1.54, 1.807) is 0 Å². The van der Waals surface area contributed by atoms with Gasteiger partial charge < -0.3 is 5.73 Å². The number of thiophene rings is 1. The topological polar surface area (TPSA) is 72.2 Å². The van der Waals surface area contributed by atoms with Gasteiger partial charge in [-0.15, -0.1) is 11.3 Å². The summed E-state index contributed by atoms with van der Waals surface area (Å²) in [6.45, 7) is 2.04. The lowest BCUT2D eigenvalue weighted by molar-refractivity contribution is 0.581. The molecule has 2 aromatic rings. The number of aryl methyl sites for hydroxylation is 1. The van der Waals surface area contributed by atoms with E-state index in [0.29, 0.717) is 0 Å². The molecule has 0 radical (unpaired) electrons. The van der Waals surface area contributed by atoms with E-state index in [0.717, 1.165) is 22.6 Å². The van der Waals surface area contributed by atoms with Crippen molar-refractivity contribution in [3.63, 3.8) is 0 Å². The lowest BCUT2D eigenvalue weighted by Gasteiger charge is -2.09. The van der Waals surface area contributed by atoms with Crippen LogP contribution in [-0.4, -0.2) is 8.42 Å². The van der Waals surface area contributed by atoms with E-state index in [9.17, 15) is 12.8 Å². The Balaban J connectivity index is 2.27. The van der Waals surface area contributed by atoms with E-state index in [2.05, 4.69) is 4.72 Å². The molecule has 4 nitrogen and oxygen atoms in total. The number of anilines is 1. The molecule has 0 aliphatic carbocycles. The molecule has 1 aromatic heterocycles. The van der Waals surface area contributed by atoms with Crippen LogP contribution in [0.25, 0.3) is 0 Å². The quantitative estimate of drug-likeness (QED) is 0.844. The first-order valence-corrected chi connectivity index (χ1v) is 8.32. The van der Waals surface area contributed by atoms with Crippen molar-refractivity contribution < 1.29 is 12.8 Å². The summed E-state index contributed by atoms with van der Waals surface area (Å²) in [6.07, 6.45) is 0. The van der Waals surface area contributed by atoms with Crippen LogP contribution in [-0.2, 0) is 16.6 Å². The number of sulfonamides is 1. The molecule has 20 heavy (non-hydrogen) atoms. The second-order valence-electron chi connectivity index (χ2n) is 4.16. The molecule has 0 bridgehead atoms. The van der Waals surface area contributed by atoms with Gasteiger partial charge in [0.15, 0.2) is 0 Å². The van der Waals surface area contributed by atoms with Gasteiger partial charge in [0.1, 0.15) is 10.7 Å². The third kappa shape index (κ3) is 3.12. The van der Waals surface area contributed by atoms with Gasteiger partial charge in [-0.25, -0.2) is 17.5 Å². The largest absolute Gasteiger partial charge is 0.396 e. The van der Waals surface area contributed by atoms with Gasteiger partial charge in [-0.2, -0.15) is 0 Å². The molecule has 0 atom stereocenters. The normalized spacial score (nSPS) is 11.8. The van der Waals surface area contributed by atoms with Crippen LogP contribution in [0, 0.1) is 12.7 Å². The van der Waals surface area contributed by atoms with Crippen LogP contribution in [0.2, 0.25) is 5.02 Å². The highest BCUT2D eigenvalue weighted by molar-refractivity contribution is 7.89. The summed E-state index contributed by atoms with van der Waals surface area (Å²) in [5.74, 6) is -0.747. The summed E-state index contributed by atoms with van der Waals surface area (Å²) in [4.78, 5) is 0.673. The number of hydrogen-bond donors (Lipinski definition) is 2. The lowest BCUT2D eigenvalue weighted by Crippen LogP contribution is -2.23. The number of nitrogen functional groups attached to an aromatic ring is 1. The van der Waals surface area contributed by atoms with Gasteiger partial charge in [0.25, 0.3) is 0 Å². The minimum absolute atomic E-state index is 0.152. The van der Waals surface area contributed by atoms with E-state index >= 15 is 0 Å². The van der Waals surface area contributed by atoms with Crippen molar-refractivity contribution >= 4 is 38.6 Å². The Bertz CT molecular complexity index is 744. The smallest absolute Gasteiger partial charge is 0.242 e. The fourth-order valence-electron chi connectivity index (χ4n) is 1.57. The lowest BCUT2D eigenvalue weighted by atomic mass is 10.3. The SMILES string of the molecule is Cc1ccsc1CNS(=O)(=O)c1cc(N)c(F)cc1Cl. The Morgan fingerprint density at radius 2 is 2.15 bits per heavy atom. The number of nitrogens with two attached hydrogens (primary N) is 1. The van der Waals surface area contributed by atoms with Crippen molar-refractivity contribution in [1.82, 2.24) is 4.72 Å². The minimum atomic E-state index is -3.84. The molecule has 8 heteroatoms. The Morgan fingerprint density at radius 3 is 2.75 bits per heavy atom. The van der Waals surface area contributed by atoms with Gasteiger partial charge in [-0.3, -0.25) is 0 Å². The number of benzene rings is 1. The zero-order chi connectivity index (χ0) is 14.9. The van der Waals surface area contributed by atoms with Crippen LogP contribution < -0.4 is 10.5 Å². The summed E-state index contributed by atoms with van der Waals surface area (Å²) in [5.41, 5.74) is 6.12. The molecule has 1 heterocycles. The molecule has 2 rings (SSSR count). The maximum Gasteiger partial charge on any atom is 0.242 e. The van der Waals surface area contributed by atoms with Gasteiger partial charge in [-0.05, 0) is 36.1 Å². The highest BCUT2D eigenvalue weighted by atomic mass is 35.5. The van der Waals surface area contributed by atoms with Crippen molar-refractivity contribution in [3.05, 3.63) is 44.9 Å². The average molecular weight is 335 g/mol. The fraction of sp³-hybridized carbons (Fsp3) is 0.167. The molecule has 0 aliphatic rings. The fourth-order valence-corrected chi connectivity index (χ4v) is 4.05. The Kier molecular flexibility index (Phi) is 4.33. The molecule has 0 spiro atoms. The summed E-state index contributed by atoms with van der Waals surface area (Å²) >= 11 is 7.22. The summed E-state index contributed by atoms with van der Waals surface area (Å²) < 4.78 is 39.9. The molecule has 0 saturated heterocycles. The van der Waals surface area contributed by atoms with E-state index in [1.165, 1.54) is 11.3 Å². The number of halogens is 2. The zero-order valence-corrected chi connectivity index (χ0v) is 12.9. The predicted molar refractivity (Wildman–Crippen MR) is 78.9 cm³/mol. The van der Waals surface area contributed by atoms with E-state index in [-0.39, 0.29) is 22.2 Å². The van der Waals surface area contributed by atoms with Crippen molar-refractivity contribution in [2.24, 2.45) is 0 Å². The highest BCUT2D eigenvalue weighted by Crippen LogP contribution is 2.26. The highest BCUT2D eigenvalue weighted by Gasteiger charge is 2.20. The third-order valence-corrected chi connectivity index (χ3v) is 5.62. The minimum Gasteiger partial charge on any atom is -0.396 e. The van der Waals surface area contributed by atoms with Crippen LogP contribution in [0.5, 0.6) is 0 Å². The maximum absolute atomic E-state index is 13.2. The van der Waals surface area contributed by atoms with Crippen molar-refractivity contribution in [2.75, 3.05) is 5.73 Å². The molecule has 0 amide bonds. The van der Waals surface area contributed by atoms with Crippen LogP contribution in [0.1, 0.15) is 10.4 Å². The van der Waals surface area contributed by atoms with Crippen molar-refractivity contribution in [1.29, 1.82) is 0 Å². The van der Waals surface area contributed by atoms with Gasteiger partial charge in [0, 0.05) is 11.4 Å². The summed E-state index contributed by atoms with van der Waals surface area (Å²) in [6, 6.07) is 3.81. The molecular weight excluding hydrogens is 323 g/mol. The van der Waals surface area contributed by atoms with Gasteiger partial charge >= 0.3 is 0 Å². The van der Waals surface area contributed by atoms with E-state index in [4.69, 9.17) is 17.3 Å². The third-order valence-electron chi connectivity index (χ3n) is 2.73. The number of nitrogens with one attached hydrogen (secondary N) is 1. The van der Waals surface area contributed by atoms with Crippen molar-refractivity contribution in [3.8, 4) is 0 Å². The summed E-state index contributed by atoms with van der Waals surface area (Å²) in [7, 11) is -3.84. The molecule has 108 valence electrons. The molecular formula is C12H12ClFN2O2S2. The average Bonchev–Trinajstić information content (AvgIpc) is 2.77. The first-order valence-electron chi connectivity index (χ1n) is 5.58. The van der Waals surface area contributed by atoms with Crippen LogP contribution in [0.4, 0.5) is 10.1 Å². The Hall–Kier alpha value is -1.15. The van der Waals surface area contributed by atoms with Crippen LogP contribution in [0.15, 0.2) is 28.5 Å².